The third-order valence-electron chi connectivity index (χ3n) is 3.75. The summed E-state index contributed by atoms with van der Waals surface area (Å²) >= 11 is 1.13. The Hall–Kier alpha value is -0.620. The molecule has 1 aromatic heterocycles. The van der Waals surface area contributed by atoms with E-state index in [0.29, 0.717) is 22.8 Å². The van der Waals surface area contributed by atoms with Crippen LogP contribution in [0.2, 0.25) is 0 Å². The molecule has 0 atom stereocenters. The lowest BCUT2D eigenvalue weighted by Gasteiger charge is -2.54. The minimum atomic E-state index is -4.30. The number of alkyl halides is 3. The Labute approximate surface area is 101 Å². The van der Waals surface area contributed by atoms with Crippen LogP contribution in [0.5, 0.6) is 0 Å². The van der Waals surface area contributed by atoms with Gasteiger partial charge in [-0.25, -0.2) is 4.98 Å². The first-order valence-electron chi connectivity index (χ1n) is 5.69. The van der Waals surface area contributed by atoms with Crippen molar-refractivity contribution in [2.45, 2.75) is 25.4 Å². The molecule has 6 heteroatoms. The van der Waals surface area contributed by atoms with E-state index in [9.17, 15) is 13.2 Å². The molecule has 0 bridgehead atoms. The van der Waals surface area contributed by atoms with Crippen LogP contribution in [-0.2, 0) is 12.6 Å². The lowest BCUT2D eigenvalue weighted by Crippen LogP contribution is -2.60. The maximum absolute atomic E-state index is 12.4. The van der Waals surface area contributed by atoms with Crippen molar-refractivity contribution in [1.82, 2.24) is 10.3 Å². The van der Waals surface area contributed by atoms with Crippen molar-refractivity contribution >= 4 is 11.3 Å². The van der Waals surface area contributed by atoms with Crippen LogP contribution < -0.4 is 5.32 Å². The summed E-state index contributed by atoms with van der Waals surface area (Å²) in [6.07, 6.45) is -1.31. The van der Waals surface area contributed by atoms with E-state index in [4.69, 9.17) is 0 Å². The Kier molecular flexibility index (Phi) is 2.49. The second-order valence-corrected chi connectivity index (χ2v) is 6.15. The van der Waals surface area contributed by atoms with E-state index in [1.165, 1.54) is 0 Å². The van der Waals surface area contributed by atoms with Gasteiger partial charge in [-0.2, -0.15) is 13.2 Å². The Morgan fingerprint density at radius 2 is 2.12 bits per heavy atom. The van der Waals surface area contributed by atoms with Crippen LogP contribution in [0.25, 0.3) is 0 Å². The molecule has 17 heavy (non-hydrogen) atoms. The third kappa shape index (κ3) is 2.08. The van der Waals surface area contributed by atoms with Gasteiger partial charge in [0.15, 0.2) is 5.69 Å². The zero-order valence-corrected chi connectivity index (χ0v) is 10.00. The summed E-state index contributed by atoms with van der Waals surface area (Å²) in [7, 11) is 0. The number of rotatable bonds is 2. The summed E-state index contributed by atoms with van der Waals surface area (Å²) < 4.78 is 37.1. The molecule has 1 spiro atoms. The summed E-state index contributed by atoms with van der Waals surface area (Å²) in [5, 5.41) is 5.00. The maximum atomic E-state index is 12.4. The van der Waals surface area contributed by atoms with E-state index >= 15 is 0 Å². The number of nitrogens with zero attached hydrogens (tertiary/aromatic N) is 1. The quantitative estimate of drug-likeness (QED) is 0.886. The fraction of sp³-hybridized carbons (Fsp3) is 0.727. The average Bonchev–Trinajstić information content (AvgIpc) is 2.54. The van der Waals surface area contributed by atoms with Gasteiger partial charge in [0.05, 0.1) is 5.01 Å². The molecular weight excluding hydrogens is 249 g/mol. The number of hydrogen-bond donors (Lipinski definition) is 1. The zero-order chi connectivity index (χ0) is 12.1. The summed E-state index contributed by atoms with van der Waals surface area (Å²) in [5.41, 5.74) is -0.258. The fourth-order valence-electron chi connectivity index (χ4n) is 2.86. The topological polar surface area (TPSA) is 24.9 Å². The normalized spacial score (nSPS) is 23.5. The van der Waals surface area contributed by atoms with E-state index < -0.39 is 11.9 Å². The van der Waals surface area contributed by atoms with Gasteiger partial charge in [-0.3, -0.25) is 0 Å². The summed E-state index contributed by atoms with van der Waals surface area (Å²) in [5.74, 6) is 0.532. The smallest absolute Gasteiger partial charge is 0.316 e. The van der Waals surface area contributed by atoms with E-state index in [1.54, 1.807) is 0 Å². The Morgan fingerprint density at radius 3 is 2.59 bits per heavy atom. The van der Waals surface area contributed by atoms with Crippen molar-refractivity contribution in [3.05, 3.63) is 16.1 Å². The Bertz CT molecular complexity index is 415. The molecule has 0 unspecified atom stereocenters. The monoisotopic (exact) mass is 262 g/mol. The molecule has 1 aromatic rings. The van der Waals surface area contributed by atoms with Crippen LogP contribution in [0.3, 0.4) is 0 Å². The SMILES string of the molecule is FC(F)(F)c1csc(CC2CC3(CNC3)C2)n1. The molecule has 0 aromatic carbocycles. The highest BCUT2D eigenvalue weighted by Gasteiger charge is 2.48. The highest BCUT2D eigenvalue weighted by Crippen LogP contribution is 2.49. The van der Waals surface area contributed by atoms with E-state index in [0.717, 1.165) is 42.6 Å². The van der Waals surface area contributed by atoms with Crippen LogP contribution in [0.15, 0.2) is 5.38 Å². The average molecular weight is 262 g/mol. The molecule has 3 rings (SSSR count). The molecule has 0 radical (unpaired) electrons. The van der Waals surface area contributed by atoms with Crippen molar-refractivity contribution in [2.75, 3.05) is 13.1 Å². The van der Waals surface area contributed by atoms with Gasteiger partial charge in [0.2, 0.25) is 0 Å². The number of thiazole rings is 1. The van der Waals surface area contributed by atoms with Gasteiger partial charge < -0.3 is 5.32 Å². The molecule has 2 heterocycles. The second-order valence-electron chi connectivity index (χ2n) is 5.21. The first kappa shape index (κ1) is 11.5. The second kappa shape index (κ2) is 3.68. The maximum Gasteiger partial charge on any atom is 0.434 e. The lowest BCUT2D eigenvalue weighted by atomic mass is 9.58. The largest absolute Gasteiger partial charge is 0.434 e. The molecule has 1 saturated carbocycles. The molecule has 0 amide bonds. The standard InChI is InChI=1S/C11H13F3N2S/c12-11(13,14)8-4-17-9(16-8)1-7-2-10(3-7)5-15-6-10/h4,7,15H,1-3,5-6H2. The van der Waals surface area contributed by atoms with Gasteiger partial charge in [0, 0.05) is 24.9 Å². The molecular formula is C11H13F3N2S. The van der Waals surface area contributed by atoms with Crippen LogP contribution in [0.4, 0.5) is 13.2 Å². The molecule has 2 nitrogen and oxygen atoms in total. The van der Waals surface area contributed by atoms with Gasteiger partial charge in [0.25, 0.3) is 0 Å². The Morgan fingerprint density at radius 1 is 1.41 bits per heavy atom. The van der Waals surface area contributed by atoms with Gasteiger partial charge in [-0.1, -0.05) is 0 Å². The molecule has 1 aliphatic heterocycles. The molecule has 94 valence electrons. The van der Waals surface area contributed by atoms with E-state index in [1.807, 2.05) is 0 Å². The van der Waals surface area contributed by atoms with Crippen LogP contribution in [0, 0.1) is 11.3 Å². The highest BCUT2D eigenvalue weighted by atomic mass is 32.1. The first-order chi connectivity index (χ1) is 7.97. The summed E-state index contributed by atoms with van der Waals surface area (Å²) in [4.78, 5) is 3.67. The van der Waals surface area contributed by atoms with Gasteiger partial charge >= 0.3 is 6.18 Å². The van der Waals surface area contributed by atoms with Crippen LogP contribution in [-0.4, -0.2) is 18.1 Å². The van der Waals surface area contributed by atoms with Crippen molar-refractivity contribution in [2.24, 2.45) is 11.3 Å². The fourth-order valence-corrected chi connectivity index (χ4v) is 3.78. The highest BCUT2D eigenvalue weighted by molar-refractivity contribution is 7.09. The van der Waals surface area contributed by atoms with Crippen molar-refractivity contribution in [1.29, 1.82) is 0 Å². The number of hydrogen-bond acceptors (Lipinski definition) is 3. The van der Waals surface area contributed by atoms with Crippen LogP contribution in [0.1, 0.15) is 23.5 Å². The molecule has 1 saturated heterocycles. The molecule has 2 aliphatic rings. The number of halogens is 3. The predicted octanol–water partition coefficient (Wildman–Crippen LogP) is 2.70. The minimum absolute atomic E-state index is 0.481. The molecule has 1 N–H and O–H groups in total. The lowest BCUT2D eigenvalue weighted by molar-refractivity contribution is -0.140. The summed E-state index contributed by atoms with van der Waals surface area (Å²) in [6, 6.07) is 0. The molecule has 2 fully saturated rings. The van der Waals surface area contributed by atoms with E-state index in [-0.39, 0.29) is 0 Å². The molecule has 1 aliphatic carbocycles. The minimum Gasteiger partial charge on any atom is -0.316 e. The van der Waals surface area contributed by atoms with Crippen molar-refractivity contribution in [3.63, 3.8) is 0 Å². The van der Waals surface area contributed by atoms with Gasteiger partial charge in [-0.05, 0) is 24.2 Å². The number of aromatic nitrogens is 1. The predicted molar refractivity (Wildman–Crippen MR) is 58.8 cm³/mol. The first-order valence-corrected chi connectivity index (χ1v) is 6.57. The Balaban J connectivity index is 1.57. The number of nitrogens with one attached hydrogen (secondary N) is 1. The van der Waals surface area contributed by atoms with Crippen LogP contribution >= 0.6 is 11.3 Å². The van der Waals surface area contributed by atoms with Gasteiger partial charge in [-0.15, -0.1) is 11.3 Å². The van der Waals surface area contributed by atoms with Crippen molar-refractivity contribution < 1.29 is 13.2 Å². The zero-order valence-electron chi connectivity index (χ0n) is 9.18. The third-order valence-corrected chi connectivity index (χ3v) is 4.62. The van der Waals surface area contributed by atoms with Gasteiger partial charge in [0.1, 0.15) is 0 Å². The summed E-state index contributed by atoms with van der Waals surface area (Å²) in [6.45, 7) is 2.16. The van der Waals surface area contributed by atoms with Crippen molar-refractivity contribution in [3.8, 4) is 0 Å². The van der Waals surface area contributed by atoms with E-state index in [2.05, 4.69) is 10.3 Å².